The highest BCUT2D eigenvalue weighted by molar-refractivity contribution is 5.71. The van der Waals surface area contributed by atoms with Crippen molar-refractivity contribution >= 4 is 17.9 Å². The van der Waals surface area contributed by atoms with E-state index in [9.17, 15) is 14.4 Å². The molecule has 0 fully saturated rings. The molecule has 0 radical (unpaired) electrons. The molecule has 6 heteroatoms. The van der Waals surface area contributed by atoms with Crippen molar-refractivity contribution in [1.82, 2.24) is 0 Å². The van der Waals surface area contributed by atoms with Crippen molar-refractivity contribution in [3.05, 3.63) is 60.8 Å². The van der Waals surface area contributed by atoms with Gasteiger partial charge in [-0.15, -0.1) is 0 Å². The summed E-state index contributed by atoms with van der Waals surface area (Å²) < 4.78 is 16.9. The highest BCUT2D eigenvalue weighted by atomic mass is 16.6. The number of esters is 3. The lowest BCUT2D eigenvalue weighted by Crippen LogP contribution is -2.30. The molecule has 0 heterocycles. The quantitative estimate of drug-likeness (QED) is 0.0261. The maximum absolute atomic E-state index is 12.9. The number of carbonyl (C=O) groups is 3. The Balaban J connectivity index is 3.99. The largest absolute Gasteiger partial charge is 0.462 e. The zero-order valence-corrected chi connectivity index (χ0v) is 51.5. The predicted octanol–water partition coefficient (Wildman–Crippen LogP) is 23.1. The lowest BCUT2D eigenvalue weighted by molar-refractivity contribution is -0.167. The number of hydrogen-bond donors (Lipinski definition) is 0. The third kappa shape index (κ3) is 63.8. The number of unbranched alkanes of at least 4 members (excludes halogenated alkanes) is 41. The second kappa shape index (κ2) is 65.6. The molecule has 0 aromatic heterocycles. The van der Waals surface area contributed by atoms with Gasteiger partial charge in [0.05, 0.1) is 0 Å². The van der Waals surface area contributed by atoms with E-state index in [1.54, 1.807) is 0 Å². The maximum Gasteiger partial charge on any atom is 0.306 e. The van der Waals surface area contributed by atoms with E-state index in [1.165, 1.54) is 231 Å². The fourth-order valence-electron chi connectivity index (χ4n) is 9.96. The van der Waals surface area contributed by atoms with Gasteiger partial charge in [0.2, 0.25) is 0 Å². The molecule has 0 aromatic rings. The zero-order valence-electron chi connectivity index (χ0n) is 51.5. The minimum absolute atomic E-state index is 0.0694. The summed E-state index contributed by atoms with van der Waals surface area (Å²) in [4.78, 5) is 38.1. The van der Waals surface area contributed by atoms with Gasteiger partial charge in [0.15, 0.2) is 6.10 Å². The summed E-state index contributed by atoms with van der Waals surface area (Å²) in [5.74, 6) is -0.858. The Kier molecular flexibility index (Phi) is 63.2. The van der Waals surface area contributed by atoms with E-state index in [1.807, 2.05) is 0 Å². The van der Waals surface area contributed by atoms with E-state index in [0.29, 0.717) is 19.3 Å². The second-order valence-corrected chi connectivity index (χ2v) is 22.7. The van der Waals surface area contributed by atoms with Gasteiger partial charge in [-0.2, -0.15) is 0 Å². The monoisotopic (exact) mass is 1080 g/mol. The minimum atomic E-state index is -0.769. The molecule has 0 spiro atoms. The van der Waals surface area contributed by atoms with Gasteiger partial charge in [-0.3, -0.25) is 14.4 Å². The first kappa shape index (κ1) is 74.1. The predicted molar refractivity (Wildman–Crippen MR) is 335 cm³/mol. The first-order chi connectivity index (χ1) is 38.0. The van der Waals surface area contributed by atoms with Gasteiger partial charge < -0.3 is 14.2 Å². The van der Waals surface area contributed by atoms with Crippen LogP contribution in [0.1, 0.15) is 355 Å². The molecule has 0 amide bonds. The number of hydrogen-bond acceptors (Lipinski definition) is 6. The van der Waals surface area contributed by atoms with Gasteiger partial charge in [-0.1, -0.05) is 313 Å². The molecule has 0 bridgehead atoms. The molecule has 1 unspecified atom stereocenters. The van der Waals surface area contributed by atoms with Crippen molar-refractivity contribution in [2.75, 3.05) is 13.2 Å². The summed E-state index contributed by atoms with van der Waals surface area (Å²) in [7, 11) is 0. The highest BCUT2D eigenvalue weighted by Gasteiger charge is 2.19. The van der Waals surface area contributed by atoms with Crippen molar-refractivity contribution in [2.24, 2.45) is 0 Å². The SMILES string of the molecule is CC/C=C\C/C=C\C/C=C\C/C=C\CCCCCCCCCCCCCCCCCCCCCCC(=O)OCC(COC(=O)CCCCCCCCC)OC(=O)CCCCCCCCCCC/C=C\CCCCCCCC. The van der Waals surface area contributed by atoms with Crippen LogP contribution in [-0.4, -0.2) is 37.2 Å². The number of carbonyl (C=O) groups excluding carboxylic acids is 3. The average Bonchev–Trinajstić information content (AvgIpc) is 3.43. The zero-order chi connectivity index (χ0) is 55.7. The number of rotatable bonds is 62. The van der Waals surface area contributed by atoms with Crippen molar-refractivity contribution in [1.29, 1.82) is 0 Å². The summed E-state index contributed by atoms with van der Waals surface area (Å²) in [5, 5.41) is 0. The molecule has 6 nitrogen and oxygen atoms in total. The third-order valence-electron chi connectivity index (χ3n) is 15.0. The molecule has 0 saturated heterocycles. The lowest BCUT2D eigenvalue weighted by Gasteiger charge is -2.18. The van der Waals surface area contributed by atoms with Crippen LogP contribution < -0.4 is 0 Å². The smallest absolute Gasteiger partial charge is 0.306 e. The van der Waals surface area contributed by atoms with Crippen LogP contribution in [-0.2, 0) is 28.6 Å². The van der Waals surface area contributed by atoms with Crippen molar-refractivity contribution in [3.63, 3.8) is 0 Å². The Morgan fingerprint density at radius 1 is 0.273 bits per heavy atom. The van der Waals surface area contributed by atoms with Gasteiger partial charge in [-0.05, 0) is 83.5 Å². The number of allylic oxidation sites excluding steroid dienone is 10. The van der Waals surface area contributed by atoms with Crippen molar-refractivity contribution in [3.8, 4) is 0 Å². The summed E-state index contributed by atoms with van der Waals surface area (Å²) in [6.07, 6.45) is 84.2. The molecule has 0 N–H and O–H groups in total. The average molecular weight is 1080 g/mol. The molecule has 0 aliphatic rings. The Bertz CT molecular complexity index is 1380. The Morgan fingerprint density at radius 3 is 0.805 bits per heavy atom. The van der Waals surface area contributed by atoms with Crippen LogP contribution in [0.3, 0.4) is 0 Å². The van der Waals surface area contributed by atoms with Crippen LogP contribution in [0.2, 0.25) is 0 Å². The van der Waals surface area contributed by atoms with Gasteiger partial charge in [0.1, 0.15) is 13.2 Å². The molecule has 0 aliphatic carbocycles. The van der Waals surface area contributed by atoms with Crippen LogP contribution in [0.5, 0.6) is 0 Å². The molecule has 0 saturated carbocycles. The molecule has 448 valence electrons. The van der Waals surface area contributed by atoms with E-state index in [2.05, 4.69) is 81.5 Å². The number of ether oxygens (including phenoxy) is 3. The molecular formula is C71H128O6. The third-order valence-corrected chi connectivity index (χ3v) is 15.0. The topological polar surface area (TPSA) is 78.9 Å². The molecular weight excluding hydrogens is 949 g/mol. The van der Waals surface area contributed by atoms with E-state index < -0.39 is 6.10 Å². The summed E-state index contributed by atoms with van der Waals surface area (Å²) in [6, 6.07) is 0. The molecule has 77 heavy (non-hydrogen) atoms. The Hall–Kier alpha value is -2.89. The van der Waals surface area contributed by atoms with E-state index in [-0.39, 0.29) is 31.1 Å². The second-order valence-electron chi connectivity index (χ2n) is 22.7. The molecule has 1 atom stereocenters. The van der Waals surface area contributed by atoms with Gasteiger partial charge >= 0.3 is 17.9 Å². The lowest BCUT2D eigenvalue weighted by atomic mass is 10.0. The Morgan fingerprint density at radius 2 is 0.506 bits per heavy atom. The molecule has 0 aliphatic heterocycles. The fourth-order valence-corrected chi connectivity index (χ4v) is 9.96. The van der Waals surface area contributed by atoms with E-state index >= 15 is 0 Å². The summed E-state index contributed by atoms with van der Waals surface area (Å²) in [6.45, 7) is 6.53. The maximum atomic E-state index is 12.9. The van der Waals surface area contributed by atoms with E-state index in [4.69, 9.17) is 14.2 Å². The summed E-state index contributed by atoms with van der Waals surface area (Å²) >= 11 is 0. The standard InChI is InChI=1S/C71H128O6/c1-4-7-10-13-16-18-20-22-24-26-28-29-30-31-32-33-34-35-36-37-38-39-40-41-43-44-46-48-50-52-55-58-61-64-70(73)76-67-68(66-75-69(72)63-60-57-54-15-12-9-6-3)77-71(74)65-62-59-56-53-51-49-47-45-42-27-25-23-21-19-17-14-11-8-5-2/h7,10,16,18,22-25,28-29,68H,4-6,8-9,11-15,17,19-21,26-27,30-67H2,1-3H3/b10-7-,18-16-,24-22-,25-23-,29-28-. The van der Waals surface area contributed by atoms with Crippen molar-refractivity contribution < 1.29 is 28.6 Å². The van der Waals surface area contributed by atoms with Crippen LogP contribution in [0.4, 0.5) is 0 Å². The minimum Gasteiger partial charge on any atom is -0.462 e. The van der Waals surface area contributed by atoms with Crippen LogP contribution >= 0.6 is 0 Å². The van der Waals surface area contributed by atoms with Crippen LogP contribution in [0.15, 0.2) is 60.8 Å². The van der Waals surface area contributed by atoms with Gasteiger partial charge in [-0.25, -0.2) is 0 Å². The highest BCUT2D eigenvalue weighted by Crippen LogP contribution is 2.18. The summed E-state index contributed by atoms with van der Waals surface area (Å²) in [5.41, 5.74) is 0. The molecule has 0 aromatic carbocycles. The fraction of sp³-hybridized carbons (Fsp3) is 0.817. The van der Waals surface area contributed by atoms with Crippen LogP contribution in [0, 0.1) is 0 Å². The van der Waals surface area contributed by atoms with E-state index in [0.717, 1.165) is 83.5 Å². The Labute approximate surface area is 479 Å². The van der Waals surface area contributed by atoms with Crippen LogP contribution in [0.25, 0.3) is 0 Å². The first-order valence-electron chi connectivity index (χ1n) is 33.8. The normalized spacial score (nSPS) is 12.4. The molecule has 0 rings (SSSR count). The van der Waals surface area contributed by atoms with Crippen molar-refractivity contribution in [2.45, 2.75) is 361 Å². The van der Waals surface area contributed by atoms with Gasteiger partial charge in [0, 0.05) is 19.3 Å². The first-order valence-corrected chi connectivity index (χ1v) is 33.8. The van der Waals surface area contributed by atoms with Gasteiger partial charge in [0.25, 0.3) is 0 Å².